The van der Waals surface area contributed by atoms with Crippen LogP contribution in [0.4, 0.5) is 18.9 Å². The summed E-state index contributed by atoms with van der Waals surface area (Å²) in [6, 6.07) is 13.3. The molecule has 2 atom stereocenters. The molecule has 2 aromatic rings. The second kappa shape index (κ2) is 8.64. The smallest absolute Gasteiger partial charge is 0.471 e. The average Bonchev–Trinajstić information content (AvgIpc) is 2.70. The molecule has 0 aliphatic carbocycles. The number of nitrogens with one attached hydrogen (secondary N) is 1. The molecule has 0 bridgehead atoms. The lowest BCUT2D eigenvalue weighted by Crippen LogP contribution is -2.46. The number of ether oxygens (including phenoxy) is 2. The summed E-state index contributed by atoms with van der Waals surface area (Å²) in [6.07, 6.45) is -6.38. The van der Waals surface area contributed by atoms with E-state index in [1.165, 1.54) is 13.0 Å². The maximum Gasteiger partial charge on any atom is 0.471 e. The van der Waals surface area contributed by atoms with Crippen LogP contribution >= 0.6 is 0 Å². The summed E-state index contributed by atoms with van der Waals surface area (Å²) in [6.45, 7) is 2.85. The van der Waals surface area contributed by atoms with Crippen LogP contribution in [0.1, 0.15) is 19.4 Å². The second-order valence-corrected chi connectivity index (χ2v) is 6.81. The van der Waals surface area contributed by atoms with E-state index in [0.717, 1.165) is 0 Å². The third-order valence-electron chi connectivity index (χ3n) is 4.58. The van der Waals surface area contributed by atoms with Gasteiger partial charge in [0, 0.05) is 18.8 Å². The number of para-hydroxylation sites is 2. The minimum atomic E-state index is -4.94. The SMILES string of the molecule is CCN(Cc1cccc(NC(=O)C2Oc3ccccc3OC2C)c1)C(=O)C(F)(F)F. The number of benzene rings is 2. The average molecular weight is 422 g/mol. The first-order valence-electron chi connectivity index (χ1n) is 9.37. The van der Waals surface area contributed by atoms with Crippen molar-refractivity contribution in [3.63, 3.8) is 0 Å². The number of nitrogens with zero attached hydrogens (tertiary/aromatic N) is 1. The minimum Gasteiger partial charge on any atom is -0.482 e. The van der Waals surface area contributed by atoms with Crippen LogP contribution in [0, 0.1) is 0 Å². The second-order valence-electron chi connectivity index (χ2n) is 6.81. The fourth-order valence-electron chi connectivity index (χ4n) is 3.09. The van der Waals surface area contributed by atoms with E-state index >= 15 is 0 Å². The van der Waals surface area contributed by atoms with Crippen molar-refractivity contribution in [3.8, 4) is 11.5 Å². The molecule has 1 aliphatic heterocycles. The molecule has 1 aliphatic rings. The van der Waals surface area contributed by atoms with Gasteiger partial charge in [0.2, 0.25) is 6.10 Å². The first-order valence-corrected chi connectivity index (χ1v) is 9.37. The highest BCUT2D eigenvalue weighted by molar-refractivity contribution is 5.95. The zero-order valence-electron chi connectivity index (χ0n) is 16.4. The van der Waals surface area contributed by atoms with Crippen molar-refractivity contribution in [1.82, 2.24) is 4.90 Å². The van der Waals surface area contributed by atoms with E-state index in [2.05, 4.69) is 5.32 Å². The summed E-state index contributed by atoms with van der Waals surface area (Å²) in [4.78, 5) is 24.9. The predicted molar refractivity (Wildman–Crippen MR) is 103 cm³/mol. The number of halogens is 3. The molecule has 2 aromatic carbocycles. The molecule has 9 heteroatoms. The van der Waals surface area contributed by atoms with Gasteiger partial charge in [0.15, 0.2) is 11.5 Å². The maximum atomic E-state index is 12.7. The molecule has 6 nitrogen and oxygen atoms in total. The van der Waals surface area contributed by atoms with Crippen molar-refractivity contribution in [3.05, 3.63) is 54.1 Å². The maximum absolute atomic E-state index is 12.7. The minimum absolute atomic E-state index is 0.0981. The molecule has 3 rings (SSSR count). The molecule has 0 spiro atoms. The number of amides is 2. The van der Waals surface area contributed by atoms with Gasteiger partial charge in [-0.05, 0) is 43.7 Å². The van der Waals surface area contributed by atoms with Gasteiger partial charge in [-0.25, -0.2) is 0 Å². The highest BCUT2D eigenvalue weighted by Gasteiger charge is 2.42. The number of rotatable bonds is 5. The number of alkyl halides is 3. The van der Waals surface area contributed by atoms with Crippen LogP contribution < -0.4 is 14.8 Å². The molecular weight excluding hydrogens is 401 g/mol. The number of carbonyl (C=O) groups excluding carboxylic acids is 2. The number of hydrogen-bond donors (Lipinski definition) is 1. The normalized spacial score (nSPS) is 17.9. The summed E-state index contributed by atoms with van der Waals surface area (Å²) < 4.78 is 49.6. The van der Waals surface area contributed by atoms with Crippen LogP contribution in [0.5, 0.6) is 11.5 Å². The van der Waals surface area contributed by atoms with Crippen molar-refractivity contribution in [1.29, 1.82) is 0 Å². The Hall–Kier alpha value is -3.23. The molecule has 0 fully saturated rings. The predicted octanol–water partition coefficient (Wildman–Crippen LogP) is 3.76. The van der Waals surface area contributed by atoms with Crippen LogP contribution in [0.15, 0.2) is 48.5 Å². The van der Waals surface area contributed by atoms with Gasteiger partial charge in [0.05, 0.1) is 0 Å². The van der Waals surface area contributed by atoms with E-state index in [4.69, 9.17) is 9.47 Å². The lowest BCUT2D eigenvalue weighted by Gasteiger charge is -2.31. The third-order valence-corrected chi connectivity index (χ3v) is 4.58. The summed E-state index contributed by atoms with van der Waals surface area (Å²) in [7, 11) is 0. The summed E-state index contributed by atoms with van der Waals surface area (Å²) >= 11 is 0. The Bertz CT molecular complexity index is 932. The molecular formula is C21H21F3N2O4. The van der Waals surface area contributed by atoms with Crippen LogP contribution in [0.3, 0.4) is 0 Å². The zero-order valence-corrected chi connectivity index (χ0v) is 16.4. The summed E-state index contributed by atoms with van der Waals surface area (Å²) in [5.41, 5.74) is 0.828. The van der Waals surface area contributed by atoms with Gasteiger partial charge in [-0.3, -0.25) is 9.59 Å². The monoisotopic (exact) mass is 422 g/mol. The summed E-state index contributed by atoms with van der Waals surface area (Å²) in [5.74, 6) is -1.36. The van der Waals surface area contributed by atoms with E-state index < -0.39 is 30.2 Å². The number of anilines is 1. The van der Waals surface area contributed by atoms with Crippen molar-refractivity contribution in [2.45, 2.75) is 38.8 Å². The molecule has 0 aromatic heterocycles. The van der Waals surface area contributed by atoms with Crippen molar-refractivity contribution in [2.75, 3.05) is 11.9 Å². The highest BCUT2D eigenvalue weighted by atomic mass is 19.4. The Morgan fingerprint density at radius 1 is 1.07 bits per heavy atom. The first kappa shape index (κ1) is 21.5. The van der Waals surface area contributed by atoms with Crippen LogP contribution in [-0.2, 0) is 16.1 Å². The Morgan fingerprint density at radius 3 is 2.37 bits per heavy atom. The number of hydrogen-bond acceptors (Lipinski definition) is 4. The van der Waals surface area contributed by atoms with E-state index in [0.29, 0.717) is 27.6 Å². The molecule has 0 saturated carbocycles. The standard InChI is InChI=1S/C21H21F3N2O4/c1-3-26(20(28)21(22,23)24)12-14-7-6-8-15(11-14)25-19(27)18-13(2)29-16-9-4-5-10-17(16)30-18/h4-11,13,18H,3,12H2,1-2H3,(H,25,27). The number of fused-ring (bicyclic) bond motifs is 1. The van der Waals surface area contributed by atoms with Crippen LogP contribution in [0.2, 0.25) is 0 Å². The lowest BCUT2D eigenvalue weighted by molar-refractivity contribution is -0.185. The van der Waals surface area contributed by atoms with Gasteiger partial charge in [-0.2, -0.15) is 13.2 Å². The van der Waals surface area contributed by atoms with Gasteiger partial charge >= 0.3 is 12.1 Å². The van der Waals surface area contributed by atoms with E-state index in [-0.39, 0.29) is 13.1 Å². The quantitative estimate of drug-likeness (QED) is 0.797. The van der Waals surface area contributed by atoms with Gasteiger partial charge < -0.3 is 19.7 Å². The molecule has 0 radical (unpaired) electrons. The summed E-state index contributed by atoms with van der Waals surface area (Å²) in [5, 5.41) is 2.69. The van der Waals surface area contributed by atoms with Crippen LogP contribution in [0.25, 0.3) is 0 Å². The fourth-order valence-corrected chi connectivity index (χ4v) is 3.09. The van der Waals surface area contributed by atoms with Crippen molar-refractivity contribution in [2.24, 2.45) is 0 Å². The number of carbonyl (C=O) groups is 2. The molecule has 1 heterocycles. The van der Waals surface area contributed by atoms with E-state index in [9.17, 15) is 22.8 Å². The largest absolute Gasteiger partial charge is 0.482 e. The molecule has 1 N–H and O–H groups in total. The van der Waals surface area contributed by atoms with E-state index in [1.54, 1.807) is 49.4 Å². The van der Waals surface area contributed by atoms with Crippen LogP contribution in [-0.4, -0.2) is 41.6 Å². The van der Waals surface area contributed by atoms with Gasteiger partial charge in [-0.1, -0.05) is 24.3 Å². The molecule has 0 saturated heterocycles. The molecule has 160 valence electrons. The molecule has 2 amide bonds. The third kappa shape index (κ3) is 4.84. The fraction of sp³-hybridized carbons (Fsp3) is 0.333. The van der Waals surface area contributed by atoms with Gasteiger partial charge in [0.25, 0.3) is 5.91 Å². The van der Waals surface area contributed by atoms with Gasteiger partial charge in [0.1, 0.15) is 6.10 Å². The van der Waals surface area contributed by atoms with Gasteiger partial charge in [-0.15, -0.1) is 0 Å². The molecule has 30 heavy (non-hydrogen) atoms. The zero-order chi connectivity index (χ0) is 21.9. The Labute approximate surface area is 171 Å². The highest BCUT2D eigenvalue weighted by Crippen LogP contribution is 2.33. The Kier molecular flexibility index (Phi) is 6.19. The lowest BCUT2D eigenvalue weighted by atomic mass is 10.1. The Morgan fingerprint density at radius 2 is 1.73 bits per heavy atom. The first-order chi connectivity index (χ1) is 14.2. The van der Waals surface area contributed by atoms with Crippen molar-refractivity contribution < 1.29 is 32.2 Å². The van der Waals surface area contributed by atoms with Crippen molar-refractivity contribution >= 4 is 17.5 Å². The topological polar surface area (TPSA) is 67.9 Å². The molecule has 2 unspecified atom stereocenters. The van der Waals surface area contributed by atoms with E-state index in [1.807, 2.05) is 0 Å². The Balaban J connectivity index is 1.69.